The van der Waals surface area contributed by atoms with Crippen LogP contribution in [0.5, 0.6) is 0 Å². The van der Waals surface area contributed by atoms with E-state index in [1.165, 1.54) is 16.7 Å². The van der Waals surface area contributed by atoms with Crippen LogP contribution in [0.3, 0.4) is 0 Å². The van der Waals surface area contributed by atoms with E-state index in [0.717, 1.165) is 17.7 Å². The highest BCUT2D eigenvalue weighted by atomic mass is 16.5. The van der Waals surface area contributed by atoms with Gasteiger partial charge >= 0.3 is 0 Å². The molecule has 5 nitrogen and oxygen atoms in total. The smallest absolute Gasteiger partial charge is 0.274 e. The zero-order valence-corrected chi connectivity index (χ0v) is 14.3. The molecule has 1 atom stereocenters. The monoisotopic (exact) mass is 335 g/mol. The van der Waals surface area contributed by atoms with Crippen LogP contribution >= 0.6 is 0 Å². The van der Waals surface area contributed by atoms with Gasteiger partial charge in [0.25, 0.3) is 5.91 Å². The Morgan fingerprint density at radius 2 is 1.96 bits per heavy atom. The summed E-state index contributed by atoms with van der Waals surface area (Å²) in [7, 11) is 0. The molecule has 0 aliphatic carbocycles. The fourth-order valence-electron chi connectivity index (χ4n) is 3.09. The molecule has 25 heavy (non-hydrogen) atoms. The van der Waals surface area contributed by atoms with Gasteiger partial charge in [-0.15, -0.1) is 0 Å². The molecule has 0 aliphatic heterocycles. The molecule has 0 saturated heterocycles. The number of rotatable bonds is 5. The second kappa shape index (κ2) is 7.32. The summed E-state index contributed by atoms with van der Waals surface area (Å²) in [6, 6.07) is 13.6. The number of aryl methyl sites for hydroxylation is 1. The van der Waals surface area contributed by atoms with Crippen molar-refractivity contribution in [3.05, 3.63) is 88.5 Å². The lowest BCUT2D eigenvalue weighted by molar-refractivity contribution is 0.0706. The number of carbonyl (C=O) groups excluding carboxylic acids is 1. The first-order valence-corrected chi connectivity index (χ1v) is 8.18. The van der Waals surface area contributed by atoms with Gasteiger partial charge in [0.1, 0.15) is 0 Å². The summed E-state index contributed by atoms with van der Waals surface area (Å²) in [6.45, 7) is 4.26. The van der Waals surface area contributed by atoms with Crippen LogP contribution in [-0.2, 0) is 6.42 Å². The van der Waals surface area contributed by atoms with Gasteiger partial charge < -0.3 is 4.98 Å². The van der Waals surface area contributed by atoms with Crippen molar-refractivity contribution in [3.8, 4) is 0 Å². The molecular formula is C20H21N3O2. The van der Waals surface area contributed by atoms with Crippen LogP contribution in [0.1, 0.15) is 44.2 Å². The number of H-pyrrole nitrogens is 1. The summed E-state index contributed by atoms with van der Waals surface area (Å²) in [5, 5.41) is 8.72. The molecule has 0 saturated carbocycles. The zero-order chi connectivity index (χ0) is 17.8. The van der Waals surface area contributed by atoms with E-state index in [9.17, 15) is 4.79 Å². The first-order chi connectivity index (χ1) is 12.1. The Morgan fingerprint density at radius 3 is 2.60 bits per heavy atom. The van der Waals surface area contributed by atoms with Gasteiger partial charge in [0, 0.05) is 23.4 Å². The molecule has 0 aliphatic rings. The highest BCUT2D eigenvalue weighted by molar-refractivity contribution is 5.93. The van der Waals surface area contributed by atoms with Gasteiger partial charge in [-0.2, -0.15) is 0 Å². The summed E-state index contributed by atoms with van der Waals surface area (Å²) in [4.78, 5) is 18.9. The molecule has 0 bridgehead atoms. The first-order valence-electron chi connectivity index (χ1n) is 8.18. The molecule has 0 radical (unpaired) electrons. The maximum Gasteiger partial charge on any atom is 0.274 e. The van der Waals surface area contributed by atoms with Crippen molar-refractivity contribution in [2.45, 2.75) is 26.2 Å². The summed E-state index contributed by atoms with van der Waals surface area (Å²) in [6.07, 6.45) is 4.34. The molecule has 1 amide bonds. The van der Waals surface area contributed by atoms with Crippen LogP contribution < -0.4 is 5.48 Å². The standard InChI is InChI=1S/C20H21N3O2/c1-13-4-3-5-17(14(13)2)18(19-11-21-12-22-19)10-15-6-8-16(9-7-15)20(24)23-25/h3-9,11-12,18,25H,10H2,1-2H3,(H,21,22)(H,23,24). The van der Waals surface area contributed by atoms with Crippen LogP contribution in [0.2, 0.25) is 0 Å². The number of hydrogen-bond donors (Lipinski definition) is 3. The maximum atomic E-state index is 11.5. The second-order valence-corrected chi connectivity index (χ2v) is 6.19. The minimum absolute atomic E-state index is 0.153. The quantitative estimate of drug-likeness (QED) is 0.493. The van der Waals surface area contributed by atoms with Crippen molar-refractivity contribution >= 4 is 5.91 Å². The Kier molecular flexibility index (Phi) is 4.95. The molecule has 3 N–H and O–H groups in total. The summed E-state index contributed by atoms with van der Waals surface area (Å²) in [5.74, 6) is -0.355. The number of amides is 1. The van der Waals surface area contributed by atoms with Crippen LogP contribution in [-0.4, -0.2) is 21.1 Å². The average Bonchev–Trinajstić information content (AvgIpc) is 3.16. The molecule has 0 spiro atoms. The van der Waals surface area contributed by atoms with Crippen molar-refractivity contribution in [1.82, 2.24) is 15.4 Å². The van der Waals surface area contributed by atoms with Crippen molar-refractivity contribution in [2.75, 3.05) is 0 Å². The van der Waals surface area contributed by atoms with Crippen molar-refractivity contribution in [1.29, 1.82) is 0 Å². The van der Waals surface area contributed by atoms with Gasteiger partial charge in [0.2, 0.25) is 0 Å². The Labute approximate surface area is 146 Å². The third-order valence-electron chi connectivity index (χ3n) is 4.67. The highest BCUT2D eigenvalue weighted by Gasteiger charge is 2.19. The van der Waals surface area contributed by atoms with E-state index in [1.54, 1.807) is 23.9 Å². The fraction of sp³-hybridized carbons (Fsp3) is 0.200. The summed E-state index contributed by atoms with van der Waals surface area (Å²) < 4.78 is 0. The topological polar surface area (TPSA) is 78.0 Å². The Bertz CT molecular complexity index is 855. The summed E-state index contributed by atoms with van der Waals surface area (Å²) >= 11 is 0. The third kappa shape index (κ3) is 3.61. The number of nitrogens with zero attached hydrogens (tertiary/aromatic N) is 1. The SMILES string of the molecule is Cc1cccc(C(Cc2ccc(C(=O)NO)cc2)c2cnc[nH]2)c1C. The lowest BCUT2D eigenvalue weighted by atomic mass is 9.85. The molecule has 5 heteroatoms. The van der Waals surface area contributed by atoms with Crippen molar-refractivity contribution in [3.63, 3.8) is 0 Å². The normalized spacial score (nSPS) is 12.0. The molecule has 1 aromatic heterocycles. The number of imidazole rings is 1. The molecule has 1 unspecified atom stereocenters. The van der Waals surface area contributed by atoms with Gasteiger partial charge in [-0.1, -0.05) is 30.3 Å². The molecular weight excluding hydrogens is 314 g/mol. The number of nitrogens with one attached hydrogen (secondary N) is 2. The van der Waals surface area contributed by atoms with Gasteiger partial charge in [-0.3, -0.25) is 10.0 Å². The average molecular weight is 335 g/mol. The van der Waals surface area contributed by atoms with Gasteiger partial charge in [-0.05, 0) is 54.7 Å². The number of benzene rings is 2. The zero-order valence-electron chi connectivity index (χ0n) is 14.3. The van der Waals surface area contributed by atoms with Crippen LogP contribution in [0, 0.1) is 13.8 Å². The van der Waals surface area contributed by atoms with E-state index in [0.29, 0.717) is 5.56 Å². The third-order valence-corrected chi connectivity index (χ3v) is 4.67. The van der Waals surface area contributed by atoms with Crippen molar-refractivity contribution < 1.29 is 10.0 Å². The maximum absolute atomic E-state index is 11.5. The largest absolute Gasteiger partial charge is 0.348 e. The predicted molar refractivity (Wildman–Crippen MR) is 95.7 cm³/mol. The molecule has 0 fully saturated rings. The van der Waals surface area contributed by atoms with Crippen LogP contribution in [0.25, 0.3) is 0 Å². The van der Waals surface area contributed by atoms with E-state index >= 15 is 0 Å². The predicted octanol–water partition coefficient (Wildman–Crippen LogP) is 3.52. The number of aromatic amines is 1. The molecule has 2 aromatic carbocycles. The van der Waals surface area contributed by atoms with Gasteiger partial charge in [0.15, 0.2) is 0 Å². The summed E-state index contributed by atoms with van der Waals surface area (Å²) in [5.41, 5.74) is 8.05. The molecule has 3 rings (SSSR count). The lowest BCUT2D eigenvalue weighted by Crippen LogP contribution is -2.18. The van der Waals surface area contributed by atoms with Crippen molar-refractivity contribution in [2.24, 2.45) is 0 Å². The minimum atomic E-state index is -0.508. The van der Waals surface area contributed by atoms with E-state index in [2.05, 4.69) is 42.0 Å². The Morgan fingerprint density at radius 1 is 1.20 bits per heavy atom. The lowest BCUT2D eigenvalue weighted by Gasteiger charge is -2.20. The van der Waals surface area contributed by atoms with Crippen LogP contribution in [0.4, 0.5) is 0 Å². The van der Waals surface area contributed by atoms with E-state index < -0.39 is 5.91 Å². The van der Waals surface area contributed by atoms with Gasteiger partial charge in [0.05, 0.1) is 6.33 Å². The number of carbonyl (C=O) groups is 1. The first kappa shape index (κ1) is 16.9. The number of aromatic nitrogens is 2. The Balaban J connectivity index is 1.94. The van der Waals surface area contributed by atoms with E-state index in [-0.39, 0.29) is 5.92 Å². The van der Waals surface area contributed by atoms with E-state index in [1.807, 2.05) is 18.3 Å². The number of hydrogen-bond acceptors (Lipinski definition) is 3. The van der Waals surface area contributed by atoms with Gasteiger partial charge in [-0.25, -0.2) is 10.5 Å². The van der Waals surface area contributed by atoms with E-state index in [4.69, 9.17) is 5.21 Å². The molecule has 1 heterocycles. The second-order valence-electron chi connectivity index (χ2n) is 6.19. The molecule has 128 valence electrons. The van der Waals surface area contributed by atoms with Crippen LogP contribution in [0.15, 0.2) is 55.0 Å². The number of hydroxylamine groups is 1. The Hall–Kier alpha value is -2.92. The highest BCUT2D eigenvalue weighted by Crippen LogP contribution is 2.30. The molecule has 3 aromatic rings. The fourth-order valence-corrected chi connectivity index (χ4v) is 3.09. The minimum Gasteiger partial charge on any atom is -0.348 e.